The number of hydrogen-bond donors (Lipinski definition) is 1. The first-order valence-corrected chi connectivity index (χ1v) is 8.20. The molecule has 21 heavy (non-hydrogen) atoms. The average molecular weight is 286 g/mol. The minimum absolute atomic E-state index is 0.143. The third-order valence-electron chi connectivity index (χ3n) is 5.12. The van der Waals surface area contributed by atoms with Crippen LogP contribution in [0.3, 0.4) is 0 Å². The SMILES string of the molecule is Cc1cccc2c1N(C(=O)C1(N)CCCC(C)C1)CCC2. The summed E-state index contributed by atoms with van der Waals surface area (Å²) >= 11 is 0. The molecule has 0 radical (unpaired) electrons. The fourth-order valence-corrected chi connectivity index (χ4v) is 4.11. The molecule has 1 aliphatic heterocycles. The lowest BCUT2D eigenvalue weighted by molar-refractivity contribution is -0.125. The Kier molecular flexibility index (Phi) is 3.78. The quantitative estimate of drug-likeness (QED) is 0.862. The van der Waals surface area contributed by atoms with E-state index in [-0.39, 0.29) is 5.91 Å². The zero-order chi connectivity index (χ0) is 15.0. The van der Waals surface area contributed by atoms with Gasteiger partial charge >= 0.3 is 0 Å². The van der Waals surface area contributed by atoms with Gasteiger partial charge in [-0.3, -0.25) is 4.79 Å². The molecule has 3 nitrogen and oxygen atoms in total. The molecule has 114 valence electrons. The minimum atomic E-state index is -0.658. The molecule has 1 amide bonds. The molecule has 2 N–H and O–H groups in total. The fraction of sp³-hybridized carbons (Fsp3) is 0.611. The van der Waals surface area contributed by atoms with Crippen molar-refractivity contribution in [2.45, 2.75) is 57.9 Å². The minimum Gasteiger partial charge on any atom is -0.317 e. The predicted molar refractivity (Wildman–Crippen MR) is 86.4 cm³/mol. The molecule has 1 heterocycles. The summed E-state index contributed by atoms with van der Waals surface area (Å²) in [4.78, 5) is 15.1. The van der Waals surface area contributed by atoms with E-state index >= 15 is 0 Å². The van der Waals surface area contributed by atoms with Gasteiger partial charge in [-0.25, -0.2) is 0 Å². The van der Waals surface area contributed by atoms with E-state index in [9.17, 15) is 4.79 Å². The molecule has 1 aromatic rings. The number of rotatable bonds is 1. The second-order valence-electron chi connectivity index (χ2n) is 7.00. The molecule has 0 spiro atoms. The molecule has 2 unspecified atom stereocenters. The summed E-state index contributed by atoms with van der Waals surface area (Å²) < 4.78 is 0. The lowest BCUT2D eigenvalue weighted by Crippen LogP contribution is -2.58. The topological polar surface area (TPSA) is 46.3 Å². The van der Waals surface area contributed by atoms with Crippen LogP contribution in [0.4, 0.5) is 5.69 Å². The van der Waals surface area contributed by atoms with Crippen molar-refractivity contribution in [1.82, 2.24) is 0 Å². The molecule has 1 saturated carbocycles. The Morgan fingerprint density at radius 1 is 1.38 bits per heavy atom. The number of benzene rings is 1. The van der Waals surface area contributed by atoms with Gasteiger partial charge in [0.1, 0.15) is 0 Å². The lowest BCUT2D eigenvalue weighted by Gasteiger charge is -2.41. The third-order valence-corrected chi connectivity index (χ3v) is 5.12. The maximum absolute atomic E-state index is 13.1. The normalized spacial score (nSPS) is 29.1. The Hall–Kier alpha value is -1.35. The number of fused-ring (bicyclic) bond motifs is 1. The Labute approximate surface area is 127 Å². The standard InChI is InChI=1S/C18H26N2O/c1-13-6-4-10-18(19,12-13)17(21)20-11-5-9-15-8-3-7-14(2)16(15)20/h3,7-8,13H,4-6,9-12,19H2,1-2H3. The molecule has 0 saturated heterocycles. The van der Waals surface area contributed by atoms with E-state index in [2.05, 4.69) is 32.0 Å². The van der Waals surface area contributed by atoms with Crippen LogP contribution in [0, 0.1) is 12.8 Å². The van der Waals surface area contributed by atoms with Crippen molar-refractivity contribution < 1.29 is 4.79 Å². The Bertz CT molecular complexity index is 554. The van der Waals surface area contributed by atoms with Crippen molar-refractivity contribution in [2.75, 3.05) is 11.4 Å². The zero-order valence-electron chi connectivity index (χ0n) is 13.2. The van der Waals surface area contributed by atoms with Crippen molar-refractivity contribution in [3.8, 4) is 0 Å². The van der Waals surface area contributed by atoms with Crippen LogP contribution < -0.4 is 10.6 Å². The van der Waals surface area contributed by atoms with E-state index < -0.39 is 5.54 Å². The highest BCUT2D eigenvalue weighted by Gasteiger charge is 2.42. The Morgan fingerprint density at radius 3 is 2.95 bits per heavy atom. The van der Waals surface area contributed by atoms with Crippen LogP contribution in [0.15, 0.2) is 18.2 Å². The number of anilines is 1. The highest BCUT2D eigenvalue weighted by molar-refractivity contribution is 6.01. The maximum atomic E-state index is 13.1. The second-order valence-corrected chi connectivity index (χ2v) is 7.00. The van der Waals surface area contributed by atoms with Gasteiger partial charge in [-0.2, -0.15) is 0 Å². The molecular formula is C18H26N2O. The van der Waals surface area contributed by atoms with Crippen molar-refractivity contribution in [2.24, 2.45) is 11.7 Å². The average Bonchev–Trinajstić information content (AvgIpc) is 2.46. The van der Waals surface area contributed by atoms with Gasteiger partial charge in [0.15, 0.2) is 0 Å². The molecule has 2 aliphatic rings. The van der Waals surface area contributed by atoms with E-state index in [0.29, 0.717) is 5.92 Å². The first-order valence-electron chi connectivity index (χ1n) is 8.20. The van der Waals surface area contributed by atoms with Gasteiger partial charge < -0.3 is 10.6 Å². The van der Waals surface area contributed by atoms with Crippen molar-refractivity contribution in [3.63, 3.8) is 0 Å². The predicted octanol–water partition coefficient (Wildman–Crippen LogP) is 3.18. The van der Waals surface area contributed by atoms with Crippen molar-refractivity contribution >= 4 is 11.6 Å². The van der Waals surface area contributed by atoms with E-state index in [4.69, 9.17) is 5.73 Å². The molecule has 2 atom stereocenters. The van der Waals surface area contributed by atoms with E-state index in [1.807, 2.05) is 4.90 Å². The molecule has 1 aliphatic carbocycles. The van der Waals surface area contributed by atoms with E-state index in [1.165, 1.54) is 17.5 Å². The summed E-state index contributed by atoms with van der Waals surface area (Å²) in [6, 6.07) is 6.33. The molecule has 1 fully saturated rings. The molecular weight excluding hydrogens is 260 g/mol. The zero-order valence-corrected chi connectivity index (χ0v) is 13.2. The van der Waals surface area contributed by atoms with Crippen LogP contribution in [0.25, 0.3) is 0 Å². The summed E-state index contributed by atoms with van der Waals surface area (Å²) in [5.41, 5.74) is 9.49. The van der Waals surface area contributed by atoms with Gasteiger partial charge in [0.25, 0.3) is 0 Å². The monoisotopic (exact) mass is 286 g/mol. The molecule has 0 bridgehead atoms. The van der Waals surface area contributed by atoms with Crippen LogP contribution in [-0.4, -0.2) is 18.0 Å². The number of carbonyl (C=O) groups is 1. The van der Waals surface area contributed by atoms with Gasteiger partial charge in [-0.1, -0.05) is 38.0 Å². The summed E-state index contributed by atoms with van der Waals surface area (Å²) in [6.07, 6.45) is 6.01. The van der Waals surface area contributed by atoms with Gasteiger partial charge in [-0.15, -0.1) is 0 Å². The van der Waals surface area contributed by atoms with Crippen molar-refractivity contribution in [3.05, 3.63) is 29.3 Å². The van der Waals surface area contributed by atoms with Gasteiger partial charge in [0.2, 0.25) is 5.91 Å². The van der Waals surface area contributed by atoms with Crippen LogP contribution in [0.1, 0.15) is 50.2 Å². The number of nitrogens with zero attached hydrogens (tertiary/aromatic N) is 1. The lowest BCUT2D eigenvalue weighted by atomic mass is 9.76. The first-order chi connectivity index (χ1) is 10.0. The third kappa shape index (κ3) is 2.59. The Morgan fingerprint density at radius 2 is 2.19 bits per heavy atom. The number of para-hydroxylation sites is 1. The summed E-state index contributed by atoms with van der Waals surface area (Å²) in [6.45, 7) is 5.12. The summed E-state index contributed by atoms with van der Waals surface area (Å²) in [5.74, 6) is 0.693. The number of nitrogens with two attached hydrogens (primary N) is 1. The van der Waals surface area contributed by atoms with Crippen molar-refractivity contribution in [1.29, 1.82) is 0 Å². The van der Waals surface area contributed by atoms with Crippen LogP contribution in [0.5, 0.6) is 0 Å². The highest BCUT2D eigenvalue weighted by Crippen LogP contribution is 2.36. The first kappa shape index (κ1) is 14.6. The molecule has 1 aromatic carbocycles. The summed E-state index contributed by atoms with van der Waals surface area (Å²) in [7, 11) is 0. The largest absolute Gasteiger partial charge is 0.317 e. The van der Waals surface area contributed by atoms with Gasteiger partial charge in [-0.05, 0) is 49.7 Å². The van der Waals surface area contributed by atoms with Crippen LogP contribution in [0.2, 0.25) is 0 Å². The molecule has 3 heteroatoms. The Balaban J connectivity index is 1.93. The fourth-order valence-electron chi connectivity index (χ4n) is 4.11. The maximum Gasteiger partial charge on any atom is 0.247 e. The number of amides is 1. The van der Waals surface area contributed by atoms with Crippen LogP contribution in [-0.2, 0) is 11.2 Å². The second kappa shape index (κ2) is 5.45. The van der Waals surface area contributed by atoms with Gasteiger partial charge in [0.05, 0.1) is 5.54 Å². The number of carbonyl (C=O) groups excluding carboxylic acids is 1. The van der Waals surface area contributed by atoms with E-state index in [1.54, 1.807) is 0 Å². The smallest absolute Gasteiger partial charge is 0.247 e. The number of aryl methyl sites for hydroxylation is 2. The van der Waals surface area contributed by atoms with Crippen LogP contribution >= 0.6 is 0 Å². The summed E-state index contributed by atoms with van der Waals surface area (Å²) in [5, 5.41) is 0. The van der Waals surface area contributed by atoms with Gasteiger partial charge in [0, 0.05) is 12.2 Å². The van der Waals surface area contributed by atoms with E-state index in [0.717, 1.165) is 44.3 Å². The highest BCUT2D eigenvalue weighted by atomic mass is 16.2. The number of hydrogen-bond acceptors (Lipinski definition) is 2. The molecule has 3 rings (SSSR count). The molecule has 0 aromatic heterocycles.